The fourth-order valence-corrected chi connectivity index (χ4v) is 0.660. The summed E-state index contributed by atoms with van der Waals surface area (Å²) < 4.78 is 36.6. The lowest BCUT2D eigenvalue weighted by Gasteiger charge is -2.02. The molecule has 0 atom stereocenters. The van der Waals surface area contributed by atoms with E-state index in [2.05, 4.69) is 0 Å². The number of nitrogen functional groups attached to an aromatic ring is 1. The molecule has 0 radical (unpaired) electrons. The van der Waals surface area contributed by atoms with Crippen molar-refractivity contribution in [2.24, 2.45) is 0 Å². The summed E-state index contributed by atoms with van der Waals surface area (Å²) in [5.41, 5.74) is -0.748. The van der Waals surface area contributed by atoms with E-state index >= 15 is 0 Å². The van der Waals surface area contributed by atoms with Gasteiger partial charge in [-0.05, 0) is 6.07 Å². The maximum atomic E-state index is 11.9. The van der Waals surface area contributed by atoms with Crippen LogP contribution in [0.1, 0.15) is 19.4 Å². The molecule has 0 spiro atoms. The Morgan fingerprint density at radius 2 is 1.85 bits per heavy atom. The molecule has 0 unspecified atom stereocenters. The highest BCUT2D eigenvalue weighted by molar-refractivity contribution is 5.09. The van der Waals surface area contributed by atoms with Crippen LogP contribution in [0.4, 0.5) is 13.2 Å². The summed E-state index contributed by atoms with van der Waals surface area (Å²) >= 11 is 0. The summed E-state index contributed by atoms with van der Waals surface area (Å²) in [4.78, 5) is 0. The second-order valence-electron chi connectivity index (χ2n) is 2.04. The Hall–Kier alpha value is -1.26. The molecule has 0 aliphatic carbocycles. The molecule has 1 heterocycles. The highest BCUT2D eigenvalue weighted by atomic mass is 19.4. The van der Waals surface area contributed by atoms with Gasteiger partial charge in [0.05, 0.1) is 0 Å². The molecule has 0 aliphatic rings. The number of hydrogen-bond donors (Lipinski definition) is 1. The zero-order valence-corrected chi connectivity index (χ0v) is 7.47. The van der Waals surface area contributed by atoms with Crippen LogP contribution in [-0.2, 0) is 6.18 Å². The van der Waals surface area contributed by atoms with Crippen molar-refractivity contribution in [3.05, 3.63) is 30.1 Å². The molecule has 13 heavy (non-hydrogen) atoms. The van der Waals surface area contributed by atoms with Crippen molar-refractivity contribution in [1.29, 1.82) is 0 Å². The van der Waals surface area contributed by atoms with Crippen LogP contribution < -0.4 is 10.5 Å². The molecule has 5 heteroatoms. The molecule has 74 valence electrons. The summed E-state index contributed by atoms with van der Waals surface area (Å²) in [5, 5.41) is 0. The third-order valence-electron chi connectivity index (χ3n) is 1.15. The molecule has 2 N–H and O–H groups in total. The largest absolute Gasteiger partial charge is 0.422 e. The minimum absolute atomic E-state index is 0.748. The Labute approximate surface area is 74.8 Å². The number of rotatable bonds is 0. The van der Waals surface area contributed by atoms with Gasteiger partial charge >= 0.3 is 6.18 Å². The third-order valence-corrected chi connectivity index (χ3v) is 1.15. The second kappa shape index (κ2) is 4.69. The van der Waals surface area contributed by atoms with E-state index in [-0.39, 0.29) is 0 Å². The second-order valence-corrected chi connectivity index (χ2v) is 2.04. The number of aromatic nitrogens is 1. The number of alkyl halides is 3. The molecule has 2 nitrogen and oxygen atoms in total. The Morgan fingerprint density at radius 1 is 1.31 bits per heavy atom. The van der Waals surface area contributed by atoms with Crippen LogP contribution in [0.25, 0.3) is 0 Å². The standard InChI is InChI=1S/C6H6F3N2.C2H6/c7-6(8,9)5-2-1-3-11(10)4-5;1-2/h1-4H,10H2;1-2H3/q+1;. The number of pyridine rings is 1. The van der Waals surface area contributed by atoms with Crippen molar-refractivity contribution >= 4 is 0 Å². The van der Waals surface area contributed by atoms with Gasteiger partial charge in [0.1, 0.15) is 5.56 Å². The summed E-state index contributed by atoms with van der Waals surface area (Å²) in [6.07, 6.45) is -2.17. The first-order valence-electron chi connectivity index (χ1n) is 3.84. The van der Waals surface area contributed by atoms with Crippen LogP contribution in [-0.4, -0.2) is 0 Å². The molecular formula is C8H12F3N2+. The van der Waals surface area contributed by atoms with E-state index < -0.39 is 11.7 Å². The lowest BCUT2D eigenvalue weighted by atomic mass is 10.3. The average molecular weight is 193 g/mol. The molecule has 0 aromatic carbocycles. The van der Waals surface area contributed by atoms with Crippen LogP contribution in [0.5, 0.6) is 0 Å². The molecular weight excluding hydrogens is 181 g/mol. The maximum Gasteiger partial charge on any atom is 0.422 e. The van der Waals surface area contributed by atoms with Crippen molar-refractivity contribution in [3.8, 4) is 0 Å². The predicted molar refractivity (Wildman–Crippen MR) is 43.1 cm³/mol. The van der Waals surface area contributed by atoms with Crippen LogP contribution >= 0.6 is 0 Å². The fourth-order valence-electron chi connectivity index (χ4n) is 0.660. The minimum atomic E-state index is -4.32. The summed E-state index contributed by atoms with van der Waals surface area (Å²) in [7, 11) is 0. The molecule has 1 rings (SSSR count). The predicted octanol–water partition coefficient (Wildman–Crippen LogP) is 1.73. The van der Waals surface area contributed by atoms with E-state index in [9.17, 15) is 13.2 Å². The molecule has 0 saturated heterocycles. The first kappa shape index (κ1) is 11.7. The topological polar surface area (TPSA) is 29.9 Å². The Kier molecular flexibility index (Phi) is 4.23. The van der Waals surface area contributed by atoms with Gasteiger partial charge in [-0.25, -0.2) is 5.84 Å². The Morgan fingerprint density at radius 3 is 2.15 bits per heavy atom. The number of nitrogens with two attached hydrogens (primary N) is 1. The Balaban J connectivity index is 0.000000671. The molecule has 0 aliphatic heterocycles. The summed E-state index contributed by atoms with van der Waals surface area (Å²) in [6, 6.07) is 2.20. The minimum Gasteiger partial charge on any atom is -0.205 e. The van der Waals surface area contributed by atoms with Gasteiger partial charge in [-0.1, -0.05) is 18.5 Å². The third kappa shape index (κ3) is 3.78. The van der Waals surface area contributed by atoms with Gasteiger partial charge in [0.15, 0.2) is 6.20 Å². The van der Waals surface area contributed by atoms with E-state index in [1.807, 2.05) is 13.8 Å². The van der Waals surface area contributed by atoms with E-state index in [0.717, 1.165) is 16.9 Å². The monoisotopic (exact) mass is 193 g/mol. The number of halogens is 3. The van der Waals surface area contributed by atoms with Crippen molar-refractivity contribution < 1.29 is 17.8 Å². The quantitative estimate of drug-likeness (QED) is 0.493. The van der Waals surface area contributed by atoms with Crippen molar-refractivity contribution in [1.82, 2.24) is 0 Å². The zero-order valence-electron chi connectivity index (χ0n) is 7.47. The maximum absolute atomic E-state index is 11.9. The number of nitrogens with zero attached hydrogens (tertiary/aromatic N) is 1. The molecule has 1 aromatic heterocycles. The van der Waals surface area contributed by atoms with Crippen LogP contribution in [0.15, 0.2) is 24.5 Å². The SMILES string of the molecule is CC.N[n+]1cccc(C(F)(F)F)c1. The molecule has 1 aromatic rings. The molecule has 0 amide bonds. The summed E-state index contributed by atoms with van der Waals surface area (Å²) in [6.45, 7) is 4.00. The fraction of sp³-hybridized carbons (Fsp3) is 0.375. The van der Waals surface area contributed by atoms with Crippen LogP contribution in [0, 0.1) is 0 Å². The number of hydrogen-bond acceptors (Lipinski definition) is 1. The van der Waals surface area contributed by atoms with Gasteiger partial charge < -0.3 is 0 Å². The van der Waals surface area contributed by atoms with Gasteiger partial charge in [0.25, 0.3) is 0 Å². The van der Waals surface area contributed by atoms with Crippen molar-refractivity contribution in [2.45, 2.75) is 20.0 Å². The lowest BCUT2D eigenvalue weighted by molar-refractivity contribution is -0.640. The molecule has 0 bridgehead atoms. The average Bonchev–Trinajstić information content (AvgIpc) is 2.06. The summed E-state index contributed by atoms with van der Waals surface area (Å²) in [5.74, 6) is 5.07. The Bertz CT molecular complexity index is 258. The normalized spacial score (nSPS) is 10.2. The lowest BCUT2D eigenvalue weighted by Crippen LogP contribution is -2.44. The first-order valence-corrected chi connectivity index (χ1v) is 3.84. The van der Waals surface area contributed by atoms with Gasteiger partial charge in [-0.15, -0.1) is 0 Å². The van der Waals surface area contributed by atoms with Gasteiger partial charge in [-0.2, -0.15) is 13.2 Å². The van der Waals surface area contributed by atoms with E-state index in [4.69, 9.17) is 5.84 Å². The highest BCUT2D eigenvalue weighted by Crippen LogP contribution is 2.27. The molecule has 0 saturated carbocycles. The van der Waals surface area contributed by atoms with E-state index in [0.29, 0.717) is 0 Å². The first-order chi connectivity index (χ1) is 6.00. The van der Waals surface area contributed by atoms with Gasteiger partial charge in [0.2, 0.25) is 6.20 Å². The van der Waals surface area contributed by atoms with Crippen molar-refractivity contribution in [2.75, 3.05) is 5.84 Å². The van der Waals surface area contributed by atoms with E-state index in [1.165, 1.54) is 12.3 Å². The molecule has 0 fully saturated rings. The highest BCUT2D eigenvalue weighted by Gasteiger charge is 2.32. The zero-order chi connectivity index (χ0) is 10.5. The van der Waals surface area contributed by atoms with Crippen LogP contribution in [0.3, 0.4) is 0 Å². The van der Waals surface area contributed by atoms with Crippen LogP contribution in [0.2, 0.25) is 0 Å². The van der Waals surface area contributed by atoms with Crippen molar-refractivity contribution in [3.63, 3.8) is 0 Å². The van der Waals surface area contributed by atoms with Gasteiger partial charge in [0, 0.05) is 6.07 Å². The van der Waals surface area contributed by atoms with Gasteiger partial charge in [-0.3, -0.25) is 0 Å². The smallest absolute Gasteiger partial charge is 0.205 e. The van der Waals surface area contributed by atoms with E-state index in [1.54, 1.807) is 0 Å².